The van der Waals surface area contributed by atoms with E-state index >= 15 is 0 Å². The Morgan fingerprint density at radius 2 is 2.27 bits per heavy atom. The van der Waals surface area contributed by atoms with Gasteiger partial charge < -0.3 is 10.2 Å². The van der Waals surface area contributed by atoms with Gasteiger partial charge in [0.25, 0.3) is 0 Å². The molecule has 1 saturated heterocycles. The predicted molar refractivity (Wildman–Crippen MR) is 44.8 cm³/mol. The minimum atomic E-state index is 0.0513. The maximum atomic E-state index is 11.1. The lowest BCUT2D eigenvalue weighted by Gasteiger charge is -2.17. The Morgan fingerprint density at radius 3 is 3.00 bits per heavy atom. The normalized spacial score (nSPS) is 19.5. The zero-order chi connectivity index (χ0) is 8.10. The maximum Gasteiger partial charge on any atom is 0.237 e. The molecule has 1 aliphatic heterocycles. The molecule has 0 aromatic carbocycles. The second-order valence-corrected chi connectivity index (χ2v) is 2.89. The van der Waals surface area contributed by atoms with E-state index in [1.165, 1.54) is 0 Å². The number of carbonyl (C=O) groups excluding carboxylic acids is 1. The molecule has 0 unspecified atom stereocenters. The van der Waals surface area contributed by atoms with E-state index in [1.807, 2.05) is 4.90 Å². The molecule has 0 aliphatic carbocycles. The van der Waals surface area contributed by atoms with Crippen molar-refractivity contribution in [2.45, 2.75) is 6.42 Å². The summed E-state index contributed by atoms with van der Waals surface area (Å²) in [5, 5.41) is 3.22. The van der Waals surface area contributed by atoms with Crippen molar-refractivity contribution in [3.63, 3.8) is 0 Å². The fourth-order valence-electron chi connectivity index (χ4n) is 1.18. The van der Waals surface area contributed by atoms with Gasteiger partial charge in [-0.25, -0.2) is 0 Å². The van der Waals surface area contributed by atoms with Crippen LogP contribution in [-0.4, -0.2) is 42.9 Å². The van der Waals surface area contributed by atoms with E-state index in [0.29, 0.717) is 0 Å². The second-order valence-electron chi connectivity index (χ2n) is 2.62. The van der Waals surface area contributed by atoms with Crippen LogP contribution in [0.25, 0.3) is 0 Å². The first-order valence-electron chi connectivity index (χ1n) is 3.89. The molecular formula is C7H13ClN2O. The summed E-state index contributed by atoms with van der Waals surface area (Å²) in [6.45, 7) is 3.54. The average molecular weight is 177 g/mol. The molecule has 4 heteroatoms. The molecule has 1 heterocycles. The van der Waals surface area contributed by atoms with Crippen LogP contribution in [0.15, 0.2) is 0 Å². The number of nitrogens with zero attached hydrogens (tertiary/aromatic N) is 1. The van der Waals surface area contributed by atoms with Crippen molar-refractivity contribution in [3.05, 3.63) is 0 Å². The highest BCUT2D eigenvalue weighted by atomic mass is 35.5. The lowest BCUT2D eigenvalue weighted by Crippen LogP contribution is -2.34. The van der Waals surface area contributed by atoms with E-state index in [0.717, 1.165) is 32.6 Å². The highest BCUT2D eigenvalue weighted by Gasteiger charge is 2.12. The minimum Gasteiger partial charge on any atom is -0.340 e. The molecule has 0 aromatic heterocycles. The van der Waals surface area contributed by atoms with Gasteiger partial charge in [0.15, 0.2) is 0 Å². The molecule has 0 spiro atoms. The molecule has 1 N–H and O–H groups in total. The van der Waals surface area contributed by atoms with Gasteiger partial charge in [0.2, 0.25) is 5.91 Å². The molecule has 0 aromatic rings. The summed E-state index contributed by atoms with van der Waals surface area (Å²) in [5.41, 5.74) is 0. The number of halogens is 1. The highest BCUT2D eigenvalue weighted by molar-refractivity contribution is 6.27. The molecule has 1 amide bonds. The van der Waals surface area contributed by atoms with E-state index in [1.54, 1.807) is 0 Å². The van der Waals surface area contributed by atoms with Gasteiger partial charge in [-0.3, -0.25) is 4.79 Å². The number of hydrogen-bond acceptors (Lipinski definition) is 2. The maximum absolute atomic E-state index is 11.1. The van der Waals surface area contributed by atoms with Gasteiger partial charge in [-0.2, -0.15) is 0 Å². The molecule has 11 heavy (non-hydrogen) atoms. The van der Waals surface area contributed by atoms with Gasteiger partial charge >= 0.3 is 0 Å². The fraction of sp³-hybridized carbons (Fsp3) is 0.857. The minimum absolute atomic E-state index is 0.0513. The standard InChI is InChI=1S/C7H13ClN2O/c8-6-7(11)10-4-1-2-9-3-5-10/h9H,1-6H2. The van der Waals surface area contributed by atoms with Crippen molar-refractivity contribution in [2.75, 3.05) is 32.1 Å². The van der Waals surface area contributed by atoms with Crippen LogP contribution in [0.3, 0.4) is 0 Å². The Kier molecular flexibility index (Phi) is 3.66. The summed E-state index contributed by atoms with van der Waals surface area (Å²) in [5.74, 6) is 0.162. The van der Waals surface area contributed by atoms with Crippen LogP contribution in [-0.2, 0) is 4.79 Å². The van der Waals surface area contributed by atoms with Crippen molar-refractivity contribution >= 4 is 17.5 Å². The van der Waals surface area contributed by atoms with Crippen LogP contribution < -0.4 is 5.32 Å². The summed E-state index contributed by atoms with van der Waals surface area (Å²) < 4.78 is 0. The van der Waals surface area contributed by atoms with Gasteiger partial charge in [-0.15, -0.1) is 11.6 Å². The summed E-state index contributed by atoms with van der Waals surface area (Å²) in [7, 11) is 0. The van der Waals surface area contributed by atoms with Crippen molar-refractivity contribution in [1.82, 2.24) is 10.2 Å². The molecule has 64 valence electrons. The SMILES string of the molecule is O=C(CCl)N1CCCNCC1. The third-order valence-electron chi connectivity index (χ3n) is 1.81. The van der Waals surface area contributed by atoms with Crippen LogP contribution in [0.4, 0.5) is 0 Å². The van der Waals surface area contributed by atoms with Gasteiger partial charge in [-0.05, 0) is 13.0 Å². The lowest BCUT2D eigenvalue weighted by molar-refractivity contribution is -0.128. The Hall–Kier alpha value is -0.280. The van der Waals surface area contributed by atoms with E-state index in [2.05, 4.69) is 5.32 Å². The lowest BCUT2D eigenvalue weighted by atomic mass is 10.4. The summed E-state index contributed by atoms with van der Waals surface area (Å²) in [6, 6.07) is 0. The monoisotopic (exact) mass is 176 g/mol. The third kappa shape index (κ3) is 2.67. The van der Waals surface area contributed by atoms with Crippen molar-refractivity contribution < 1.29 is 4.79 Å². The van der Waals surface area contributed by atoms with Crippen LogP contribution in [0.5, 0.6) is 0 Å². The molecule has 1 rings (SSSR count). The molecule has 3 nitrogen and oxygen atoms in total. The van der Waals surface area contributed by atoms with Crippen LogP contribution in [0, 0.1) is 0 Å². The molecule has 0 saturated carbocycles. The van der Waals surface area contributed by atoms with Crippen LogP contribution >= 0.6 is 11.6 Å². The largest absolute Gasteiger partial charge is 0.340 e. The van der Waals surface area contributed by atoms with Gasteiger partial charge in [0.05, 0.1) is 0 Å². The first-order valence-corrected chi connectivity index (χ1v) is 4.42. The molecule has 1 aliphatic rings. The van der Waals surface area contributed by atoms with Crippen molar-refractivity contribution in [1.29, 1.82) is 0 Å². The number of amides is 1. The van der Waals surface area contributed by atoms with Crippen molar-refractivity contribution in [2.24, 2.45) is 0 Å². The average Bonchev–Trinajstić information content (AvgIpc) is 2.30. The van der Waals surface area contributed by atoms with Crippen LogP contribution in [0.2, 0.25) is 0 Å². The second kappa shape index (κ2) is 4.57. The number of rotatable bonds is 1. The predicted octanol–water partition coefficient (Wildman–Crippen LogP) is 0.0471. The van der Waals surface area contributed by atoms with Gasteiger partial charge in [-0.1, -0.05) is 0 Å². The summed E-state index contributed by atoms with van der Waals surface area (Å²) in [4.78, 5) is 12.9. The Labute approximate surface area is 71.7 Å². The number of carbonyl (C=O) groups is 1. The Bertz CT molecular complexity index is 132. The van der Waals surface area contributed by atoms with Gasteiger partial charge in [0, 0.05) is 19.6 Å². The number of nitrogens with one attached hydrogen (secondary N) is 1. The molecule has 0 bridgehead atoms. The third-order valence-corrected chi connectivity index (χ3v) is 2.04. The first kappa shape index (κ1) is 8.81. The highest BCUT2D eigenvalue weighted by Crippen LogP contribution is 1.96. The number of hydrogen-bond donors (Lipinski definition) is 1. The summed E-state index contributed by atoms with van der Waals surface area (Å²) in [6.07, 6.45) is 1.03. The van der Waals surface area contributed by atoms with E-state index in [-0.39, 0.29) is 11.8 Å². The molecule has 0 atom stereocenters. The summed E-state index contributed by atoms with van der Waals surface area (Å²) >= 11 is 5.43. The van der Waals surface area contributed by atoms with Gasteiger partial charge in [0.1, 0.15) is 5.88 Å². The zero-order valence-electron chi connectivity index (χ0n) is 6.48. The zero-order valence-corrected chi connectivity index (χ0v) is 7.23. The quantitative estimate of drug-likeness (QED) is 0.573. The van der Waals surface area contributed by atoms with Crippen LogP contribution in [0.1, 0.15) is 6.42 Å². The Balaban J connectivity index is 2.36. The fourth-order valence-corrected chi connectivity index (χ4v) is 1.35. The topological polar surface area (TPSA) is 32.3 Å². The smallest absolute Gasteiger partial charge is 0.237 e. The van der Waals surface area contributed by atoms with E-state index < -0.39 is 0 Å². The first-order chi connectivity index (χ1) is 5.34. The van der Waals surface area contributed by atoms with E-state index in [4.69, 9.17) is 11.6 Å². The molecule has 1 fully saturated rings. The Morgan fingerprint density at radius 1 is 1.45 bits per heavy atom. The van der Waals surface area contributed by atoms with Crippen molar-refractivity contribution in [3.8, 4) is 0 Å². The molecule has 0 radical (unpaired) electrons. The van der Waals surface area contributed by atoms with E-state index in [9.17, 15) is 4.79 Å². The number of alkyl halides is 1. The molecular weight excluding hydrogens is 164 g/mol.